The number of hydrogen-bond donors (Lipinski definition) is 1. The molecule has 2 nitrogen and oxygen atoms in total. The van der Waals surface area contributed by atoms with Crippen LogP contribution in [0, 0.1) is 11.3 Å². The standard InChI is InChI=1S/C13H26FNO/c1-12(2,3)11-4-6-13(10-15,7-5-11)16-9-8-14/h11H,4-10,15H2,1-3H3. The van der Waals surface area contributed by atoms with Crippen LogP contribution in [-0.4, -0.2) is 25.4 Å². The molecule has 0 saturated heterocycles. The summed E-state index contributed by atoms with van der Waals surface area (Å²) in [5, 5.41) is 0. The molecule has 0 unspecified atom stereocenters. The Balaban J connectivity index is 2.50. The highest BCUT2D eigenvalue weighted by atomic mass is 19.1. The van der Waals surface area contributed by atoms with Gasteiger partial charge in [-0.15, -0.1) is 0 Å². The monoisotopic (exact) mass is 231 g/mol. The minimum absolute atomic E-state index is 0.192. The first-order valence-electron chi connectivity index (χ1n) is 6.33. The zero-order valence-electron chi connectivity index (χ0n) is 10.9. The fourth-order valence-corrected chi connectivity index (χ4v) is 2.67. The molecule has 0 atom stereocenters. The molecule has 0 spiro atoms. The summed E-state index contributed by atoms with van der Waals surface area (Å²) in [5.74, 6) is 0.737. The van der Waals surface area contributed by atoms with E-state index in [1.54, 1.807) is 0 Å². The third-order valence-corrected chi connectivity index (χ3v) is 3.98. The Bertz CT molecular complexity index is 204. The van der Waals surface area contributed by atoms with Crippen molar-refractivity contribution < 1.29 is 9.13 Å². The average molecular weight is 231 g/mol. The van der Waals surface area contributed by atoms with Crippen molar-refractivity contribution in [2.45, 2.75) is 52.1 Å². The Kier molecular flexibility index (Phi) is 4.74. The van der Waals surface area contributed by atoms with Gasteiger partial charge in [-0.1, -0.05) is 20.8 Å². The minimum atomic E-state index is -0.412. The third kappa shape index (κ3) is 3.42. The fourth-order valence-electron chi connectivity index (χ4n) is 2.67. The molecule has 0 bridgehead atoms. The Morgan fingerprint density at radius 3 is 2.25 bits per heavy atom. The molecular formula is C13H26FNO. The SMILES string of the molecule is CC(C)(C)C1CCC(CN)(OCCF)CC1. The van der Waals surface area contributed by atoms with E-state index in [9.17, 15) is 4.39 Å². The quantitative estimate of drug-likeness (QED) is 0.807. The summed E-state index contributed by atoms with van der Waals surface area (Å²) in [6, 6.07) is 0. The van der Waals surface area contributed by atoms with E-state index in [4.69, 9.17) is 10.5 Å². The number of ether oxygens (including phenoxy) is 1. The van der Waals surface area contributed by atoms with E-state index in [1.807, 2.05) is 0 Å². The smallest absolute Gasteiger partial charge is 0.113 e. The summed E-state index contributed by atoms with van der Waals surface area (Å²) in [5.41, 5.74) is 5.91. The van der Waals surface area contributed by atoms with Gasteiger partial charge >= 0.3 is 0 Å². The van der Waals surface area contributed by atoms with Crippen LogP contribution in [0.15, 0.2) is 0 Å². The Labute approximate surface area is 98.7 Å². The molecule has 16 heavy (non-hydrogen) atoms. The maximum Gasteiger partial charge on any atom is 0.113 e. The molecule has 0 aromatic heterocycles. The molecule has 1 rings (SSSR count). The van der Waals surface area contributed by atoms with Crippen LogP contribution in [0.25, 0.3) is 0 Å². The maximum atomic E-state index is 12.2. The van der Waals surface area contributed by atoms with Crippen LogP contribution in [0.3, 0.4) is 0 Å². The van der Waals surface area contributed by atoms with Crippen molar-refractivity contribution in [3.63, 3.8) is 0 Å². The highest BCUT2D eigenvalue weighted by Gasteiger charge is 2.38. The minimum Gasteiger partial charge on any atom is -0.371 e. The predicted molar refractivity (Wildman–Crippen MR) is 65.1 cm³/mol. The van der Waals surface area contributed by atoms with Crippen LogP contribution < -0.4 is 5.73 Å². The number of rotatable bonds is 4. The Morgan fingerprint density at radius 1 is 1.31 bits per heavy atom. The van der Waals surface area contributed by atoms with Crippen LogP contribution in [-0.2, 0) is 4.74 Å². The van der Waals surface area contributed by atoms with Crippen LogP contribution in [0.5, 0.6) is 0 Å². The van der Waals surface area contributed by atoms with Crippen molar-refractivity contribution >= 4 is 0 Å². The van der Waals surface area contributed by atoms with E-state index in [0.29, 0.717) is 12.0 Å². The van der Waals surface area contributed by atoms with Gasteiger partial charge in [-0.2, -0.15) is 0 Å². The number of nitrogens with two attached hydrogens (primary N) is 1. The van der Waals surface area contributed by atoms with Crippen LogP contribution >= 0.6 is 0 Å². The topological polar surface area (TPSA) is 35.2 Å². The van der Waals surface area contributed by atoms with Gasteiger partial charge in [-0.3, -0.25) is 0 Å². The molecule has 1 aliphatic carbocycles. The van der Waals surface area contributed by atoms with Gasteiger partial charge in [0, 0.05) is 6.54 Å². The molecule has 1 saturated carbocycles. The van der Waals surface area contributed by atoms with Gasteiger partial charge in [-0.25, -0.2) is 4.39 Å². The highest BCUT2D eigenvalue weighted by Crippen LogP contribution is 2.42. The second-order valence-corrected chi connectivity index (χ2v) is 6.06. The van der Waals surface area contributed by atoms with E-state index in [-0.39, 0.29) is 12.2 Å². The summed E-state index contributed by atoms with van der Waals surface area (Å²) >= 11 is 0. The molecule has 96 valence electrons. The second-order valence-electron chi connectivity index (χ2n) is 6.06. The molecule has 0 amide bonds. The van der Waals surface area contributed by atoms with Gasteiger partial charge in [0.05, 0.1) is 12.2 Å². The summed E-state index contributed by atoms with van der Waals surface area (Å²) in [4.78, 5) is 0. The maximum absolute atomic E-state index is 12.2. The zero-order chi connectivity index (χ0) is 12.2. The summed E-state index contributed by atoms with van der Waals surface area (Å²) in [6.45, 7) is 7.16. The van der Waals surface area contributed by atoms with E-state index in [0.717, 1.165) is 31.6 Å². The Morgan fingerprint density at radius 2 is 1.88 bits per heavy atom. The van der Waals surface area contributed by atoms with E-state index in [2.05, 4.69) is 20.8 Å². The molecule has 3 heteroatoms. The van der Waals surface area contributed by atoms with Crippen molar-refractivity contribution in [3.8, 4) is 0 Å². The predicted octanol–water partition coefficient (Wildman–Crippen LogP) is 2.91. The van der Waals surface area contributed by atoms with Gasteiger partial charge in [0.15, 0.2) is 0 Å². The van der Waals surface area contributed by atoms with E-state index < -0.39 is 6.67 Å². The van der Waals surface area contributed by atoms with Gasteiger partial charge in [0.25, 0.3) is 0 Å². The summed E-state index contributed by atoms with van der Waals surface area (Å²) in [6.07, 6.45) is 4.25. The molecule has 1 aliphatic rings. The largest absolute Gasteiger partial charge is 0.371 e. The van der Waals surface area contributed by atoms with Gasteiger partial charge in [0.2, 0.25) is 0 Å². The first-order chi connectivity index (χ1) is 7.43. The number of halogens is 1. The van der Waals surface area contributed by atoms with Crippen molar-refractivity contribution in [3.05, 3.63) is 0 Å². The van der Waals surface area contributed by atoms with Crippen molar-refractivity contribution in [2.24, 2.45) is 17.1 Å². The van der Waals surface area contributed by atoms with Crippen LogP contribution in [0.2, 0.25) is 0 Å². The van der Waals surface area contributed by atoms with Crippen LogP contribution in [0.1, 0.15) is 46.5 Å². The van der Waals surface area contributed by atoms with Crippen molar-refractivity contribution in [1.82, 2.24) is 0 Å². The summed E-state index contributed by atoms with van der Waals surface area (Å²) < 4.78 is 17.8. The Hall–Kier alpha value is -0.150. The lowest BCUT2D eigenvalue weighted by atomic mass is 9.68. The van der Waals surface area contributed by atoms with E-state index in [1.165, 1.54) is 0 Å². The lowest BCUT2D eigenvalue weighted by Gasteiger charge is -2.43. The first kappa shape index (κ1) is 13.9. The lowest BCUT2D eigenvalue weighted by molar-refractivity contribution is -0.0827. The molecule has 2 N–H and O–H groups in total. The normalized spacial score (nSPS) is 31.7. The first-order valence-corrected chi connectivity index (χ1v) is 6.33. The number of alkyl halides is 1. The molecular weight excluding hydrogens is 205 g/mol. The van der Waals surface area contributed by atoms with Crippen molar-refractivity contribution in [2.75, 3.05) is 19.8 Å². The average Bonchev–Trinajstić information content (AvgIpc) is 2.26. The van der Waals surface area contributed by atoms with E-state index >= 15 is 0 Å². The molecule has 0 radical (unpaired) electrons. The second kappa shape index (κ2) is 5.46. The van der Waals surface area contributed by atoms with Gasteiger partial charge in [-0.05, 0) is 37.0 Å². The zero-order valence-corrected chi connectivity index (χ0v) is 10.9. The van der Waals surface area contributed by atoms with Gasteiger partial charge in [0.1, 0.15) is 6.67 Å². The fraction of sp³-hybridized carbons (Fsp3) is 1.00. The van der Waals surface area contributed by atoms with Gasteiger partial charge < -0.3 is 10.5 Å². The molecule has 0 heterocycles. The lowest BCUT2D eigenvalue weighted by Crippen LogP contribution is -2.45. The summed E-state index contributed by atoms with van der Waals surface area (Å²) in [7, 11) is 0. The number of hydrogen-bond acceptors (Lipinski definition) is 2. The van der Waals surface area contributed by atoms with Crippen LogP contribution in [0.4, 0.5) is 4.39 Å². The molecule has 1 fully saturated rings. The molecule has 0 aliphatic heterocycles. The highest BCUT2D eigenvalue weighted by molar-refractivity contribution is 4.91. The third-order valence-electron chi connectivity index (χ3n) is 3.98. The molecule has 0 aromatic rings. The van der Waals surface area contributed by atoms with Crippen molar-refractivity contribution in [1.29, 1.82) is 0 Å². The molecule has 0 aromatic carbocycles.